The first kappa shape index (κ1) is 21.6. The van der Waals surface area contributed by atoms with Crippen LogP contribution in [0.2, 0.25) is 0 Å². The number of halogens is 1. The predicted molar refractivity (Wildman–Crippen MR) is 120 cm³/mol. The molecule has 33 heavy (non-hydrogen) atoms. The summed E-state index contributed by atoms with van der Waals surface area (Å²) in [7, 11) is 0. The fourth-order valence-electron chi connectivity index (χ4n) is 3.03. The van der Waals surface area contributed by atoms with Crippen LogP contribution in [0, 0.1) is 5.82 Å². The first-order valence-corrected chi connectivity index (χ1v) is 9.71. The molecule has 0 atom stereocenters. The van der Waals surface area contributed by atoms with Gasteiger partial charge in [-0.25, -0.2) is 15.2 Å². The van der Waals surface area contributed by atoms with Gasteiger partial charge in [0, 0.05) is 36.6 Å². The van der Waals surface area contributed by atoms with Crippen LogP contribution in [-0.4, -0.2) is 26.0 Å². The van der Waals surface area contributed by atoms with Gasteiger partial charge >= 0.3 is 0 Å². The molecular formula is C22H19FN8O2. The molecule has 3 aromatic heterocycles. The highest BCUT2D eigenvalue weighted by atomic mass is 19.1. The quantitative estimate of drug-likeness (QED) is 0.300. The second-order valence-corrected chi connectivity index (χ2v) is 6.86. The van der Waals surface area contributed by atoms with E-state index >= 15 is 0 Å². The summed E-state index contributed by atoms with van der Waals surface area (Å²) in [6.45, 7) is 1.39. The summed E-state index contributed by atoms with van der Waals surface area (Å²) in [4.78, 5) is 23.6. The molecule has 0 saturated heterocycles. The molecule has 1 amide bonds. The van der Waals surface area contributed by atoms with Crippen LogP contribution < -0.4 is 21.9 Å². The number of nitrogens with zero attached hydrogens (tertiary/aromatic N) is 5. The van der Waals surface area contributed by atoms with E-state index in [1.54, 1.807) is 48.8 Å². The van der Waals surface area contributed by atoms with E-state index in [-0.39, 0.29) is 34.7 Å². The lowest BCUT2D eigenvalue weighted by molar-refractivity contribution is -0.114. The lowest BCUT2D eigenvalue weighted by Crippen LogP contribution is -2.32. The molecule has 1 aromatic carbocycles. The Morgan fingerprint density at radius 2 is 1.88 bits per heavy atom. The predicted octanol–water partition coefficient (Wildman–Crippen LogP) is 2.79. The Morgan fingerprint density at radius 1 is 1.12 bits per heavy atom. The van der Waals surface area contributed by atoms with Gasteiger partial charge in [-0.1, -0.05) is 17.3 Å². The largest absolute Gasteiger partial charge is 0.392 e. The minimum atomic E-state index is -0.532. The second-order valence-electron chi connectivity index (χ2n) is 6.86. The first-order valence-electron chi connectivity index (χ1n) is 9.71. The highest BCUT2D eigenvalue weighted by molar-refractivity contribution is 5.93. The van der Waals surface area contributed by atoms with Gasteiger partial charge in [-0.15, -0.1) is 0 Å². The van der Waals surface area contributed by atoms with E-state index in [0.29, 0.717) is 16.9 Å². The molecule has 3 heterocycles. The fraction of sp³-hybridized carbons (Fsp3) is 0.0455. The molecule has 0 unspecified atom stereocenters. The summed E-state index contributed by atoms with van der Waals surface area (Å²) in [5.74, 6) is 6.11. The van der Waals surface area contributed by atoms with E-state index in [1.165, 1.54) is 25.3 Å². The smallest absolute Gasteiger partial charge is 0.276 e. The third kappa shape index (κ3) is 4.67. The normalized spacial score (nSPS) is 11.6. The Hall–Kier alpha value is -4.64. The third-order valence-corrected chi connectivity index (χ3v) is 4.54. The molecule has 11 heteroatoms. The van der Waals surface area contributed by atoms with Crippen molar-refractivity contribution in [2.75, 3.05) is 10.3 Å². The number of rotatable bonds is 6. The van der Waals surface area contributed by atoms with Crippen LogP contribution in [0.4, 0.5) is 15.9 Å². The lowest BCUT2D eigenvalue weighted by Gasteiger charge is -2.23. The average molecular weight is 446 g/mol. The molecule has 0 radical (unpaired) electrons. The number of carbonyl (C=O) groups excluding carboxylic acids is 1. The number of nitrogens with two attached hydrogens (primary N) is 2. The van der Waals surface area contributed by atoms with Gasteiger partial charge in [0.25, 0.3) is 5.89 Å². The van der Waals surface area contributed by atoms with Crippen molar-refractivity contribution in [3.63, 3.8) is 0 Å². The maximum atomic E-state index is 14.4. The molecule has 0 aliphatic heterocycles. The molecular weight excluding hydrogens is 427 g/mol. The molecule has 10 nitrogen and oxygen atoms in total. The zero-order chi connectivity index (χ0) is 23.4. The second kappa shape index (κ2) is 9.24. The van der Waals surface area contributed by atoms with E-state index < -0.39 is 5.82 Å². The molecule has 5 N–H and O–H groups in total. The fourth-order valence-corrected chi connectivity index (χ4v) is 3.03. The van der Waals surface area contributed by atoms with Crippen molar-refractivity contribution in [3.05, 3.63) is 84.4 Å². The number of hydrazine groups is 1. The third-order valence-electron chi connectivity index (χ3n) is 4.54. The Kier molecular flexibility index (Phi) is 6.04. The molecule has 0 fully saturated rings. The molecule has 166 valence electrons. The van der Waals surface area contributed by atoms with Crippen LogP contribution in [0.25, 0.3) is 22.8 Å². The van der Waals surface area contributed by atoms with Crippen LogP contribution >= 0.6 is 0 Å². The number of anilines is 2. The number of para-hydroxylation sites is 1. The van der Waals surface area contributed by atoms with Crippen molar-refractivity contribution in [3.8, 4) is 11.4 Å². The highest BCUT2D eigenvalue weighted by Crippen LogP contribution is 2.30. The standard InChI is InChI=1S/C22H19FN8O2/c1-13(32)28-18-7-6-15(12-27-18)21-29-22(33-30-21)19(24)20(14-8-10-26-11-9-14)31(25)17-5-3-2-4-16(17)23/h2-12H,24-25H2,1H3,(H,27,28,32)/b20-19-. The topological polar surface area (TPSA) is 149 Å². The number of amides is 1. The maximum absolute atomic E-state index is 14.4. The van der Waals surface area contributed by atoms with E-state index in [2.05, 4.69) is 25.4 Å². The molecule has 0 aliphatic rings. The minimum absolute atomic E-state index is 0.0189. The van der Waals surface area contributed by atoms with Crippen molar-refractivity contribution < 1.29 is 13.7 Å². The molecule has 0 spiro atoms. The zero-order valence-corrected chi connectivity index (χ0v) is 17.4. The Bertz CT molecular complexity index is 1310. The number of nitrogens with one attached hydrogen (secondary N) is 1. The molecule has 0 aliphatic carbocycles. The van der Waals surface area contributed by atoms with Crippen LogP contribution in [-0.2, 0) is 4.79 Å². The van der Waals surface area contributed by atoms with E-state index in [9.17, 15) is 9.18 Å². The van der Waals surface area contributed by atoms with Crippen LogP contribution in [0.15, 0.2) is 71.6 Å². The minimum Gasteiger partial charge on any atom is -0.392 e. The highest BCUT2D eigenvalue weighted by Gasteiger charge is 2.22. The monoisotopic (exact) mass is 446 g/mol. The van der Waals surface area contributed by atoms with Crippen molar-refractivity contribution in [1.82, 2.24) is 20.1 Å². The van der Waals surface area contributed by atoms with Crippen molar-refractivity contribution in [2.24, 2.45) is 11.6 Å². The van der Waals surface area contributed by atoms with Gasteiger partial charge in [0.15, 0.2) is 0 Å². The average Bonchev–Trinajstić information content (AvgIpc) is 3.31. The SMILES string of the molecule is CC(=O)Nc1ccc(-c2noc(/C(N)=C(\c3ccncc3)N(N)c3ccccc3F)n2)cn1. The van der Waals surface area contributed by atoms with Gasteiger partial charge in [0.1, 0.15) is 17.3 Å². The number of benzene rings is 1. The number of pyridine rings is 2. The Labute approximate surface area is 187 Å². The van der Waals surface area contributed by atoms with Crippen LogP contribution in [0.3, 0.4) is 0 Å². The number of carbonyl (C=O) groups is 1. The number of hydrogen-bond donors (Lipinski definition) is 3. The summed E-state index contributed by atoms with van der Waals surface area (Å²) in [6, 6.07) is 12.6. The van der Waals surface area contributed by atoms with Crippen molar-refractivity contribution in [1.29, 1.82) is 0 Å². The van der Waals surface area contributed by atoms with Crippen molar-refractivity contribution in [2.45, 2.75) is 6.92 Å². The van der Waals surface area contributed by atoms with Gasteiger partial charge in [-0.3, -0.25) is 14.8 Å². The summed E-state index contributed by atoms with van der Waals surface area (Å²) >= 11 is 0. The summed E-state index contributed by atoms with van der Waals surface area (Å²) < 4.78 is 19.8. The van der Waals surface area contributed by atoms with Crippen molar-refractivity contribution >= 4 is 28.8 Å². The summed E-state index contributed by atoms with van der Waals surface area (Å²) in [5, 5.41) is 7.64. The summed E-state index contributed by atoms with van der Waals surface area (Å²) in [6.07, 6.45) is 4.59. The molecule has 4 aromatic rings. The van der Waals surface area contributed by atoms with Gasteiger partial charge in [-0.2, -0.15) is 4.98 Å². The first-order chi connectivity index (χ1) is 15.9. The van der Waals surface area contributed by atoms with Gasteiger partial charge in [-0.05, 0) is 36.4 Å². The molecule has 4 rings (SSSR count). The number of hydrogen-bond acceptors (Lipinski definition) is 9. The number of aromatic nitrogens is 4. The van der Waals surface area contributed by atoms with Gasteiger partial charge < -0.3 is 15.6 Å². The lowest BCUT2D eigenvalue weighted by atomic mass is 10.1. The van der Waals surface area contributed by atoms with E-state index in [4.69, 9.17) is 16.1 Å². The van der Waals surface area contributed by atoms with Crippen LogP contribution in [0.5, 0.6) is 0 Å². The van der Waals surface area contributed by atoms with Gasteiger partial charge in [0.2, 0.25) is 11.7 Å². The molecule has 0 saturated carbocycles. The zero-order valence-electron chi connectivity index (χ0n) is 17.4. The van der Waals surface area contributed by atoms with E-state index in [0.717, 1.165) is 5.01 Å². The molecule has 0 bridgehead atoms. The van der Waals surface area contributed by atoms with E-state index in [1.807, 2.05) is 0 Å². The Balaban J connectivity index is 1.74. The maximum Gasteiger partial charge on any atom is 0.276 e. The van der Waals surface area contributed by atoms with Gasteiger partial charge in [0.05, 0.1) is 11.4 Å². The summed E-state index contributed by atoms with van der Waals surface area (Å²) in [5.41, 5.74) is 7.87. The Morgan fingerprint density at radius 3 is 2.55 bits per heavy atom. The van der Waals surface area contributed by atoms with Crippen LogP contribution in [0.1, 0.15) is 18.4 Å².